The van der Waals surface area contributed by atoms with Crippen molar-refractivity contribution in [1.82, 2.24) is 5.32 Å². The van der Waals surface area contributed by atoms with Gasteiger partial charge in [0.2, 0.25) is 5.91 Å². The van der Waals surface area contributed by atoms with Crippen LogP contribution < -0.4 is 5.32 Å². The van der Waals surface area contributed by atoms with Gasteiger partial charge in [-0.25, -0.2) is 0 Å². The number of nitrogens with one attached hydrogen (secondary N) is 1. The summed E-state index contributed by atoms with van der Waals surface area (Å²) in [6.45, 7) is 3.27. The van der Waals surface area contributed by atoms with E-state index in [9.17, 15) is 4.79 Å². The molecule has 0 unspecified atom stereocenters. The van der Waals surface area contributed by atoms with Gasteiger partial charge in [0.1, 0.15) is 0 Å². The number of hydrogen-bond acceptors (Lipinski definition) is 4. The predicted octanol–water partition coefficient (Wildman–Crippen LogP) is 1.21. The average Bonchev–Trinajstić information content (AvgIpc) is 2.37. The lowest BCUT2D eigenvalue weighted by Gasteiger charge is -2.07. The fourth-order valence-electron chi connectivity index (χ4n) is 1.34. The summed E-state index contributed by atoms with van der Waals surface area (Å²) >= 11 is 1.53. The molecule has 5 heteroatoms. The Morgan fingerprint density at radius 3 is 2.89 bits per heavy atom. The molecule has 0 radical (unpaired) electrons. The molecule has 4 nitrogen and oxygen atoms in total. The Labute approximate surface area is 112 Å². The molecule has 0 aliphatic rings. The van der Waals surface area contributed by atoms with Gasteiger partial charge in [-0.05, 0) is 18.6 Å². The molecule has 18 heavy (non-hydrogen) atoms. The maximum absolute atomic E-state index is 11.5. The molecule has 0 spiro atoms. The number of ether oxygens (including phenoxy) is 1. The summed E-state index contributed by atoms with van der Waals surface area (Å²) in [5.41, 5.74) is 1.18. The predicted molar refractivity (Wildman–Crippen MR) is 72.8 cm³/mol. The molecule has 0 saturated heterocycles. The molecule has 1 amide bonds. The van der Waals surface area contributed by atoms with Crippen LogP contribution in [0.4, 0.5) is 0 Å². The second kappa shape index (κ2) is 8.97. The number of aryl methyl sites for hydroxylation is 1. The molecule has 0 heterocycles. The monoisotopic (exact) mass is 269 g/mol. The van der Waals surface area contributed by atoms with Gasteiger partial charge in [0, 0.05) is 11.4 Å². The first-order chi connectivity index (χ1) is 8.74. The number of benzene rings is 1. The van der Waals surface area contributed by atoms with Crippen molar-refractivity contribution in [2.45, 2.75) is 11.8 Å². The molecule has 0 aliphatic heterocycles. The normalized spacial score (nSPS) is 10.3. The zero-order chi connectivity index (χ0) is 13.2. The fraction of sp³-hybridized carbons (Fsp3) is 0.462. The Balaban J connectivity index is 2.15. The smallest absolute Gasteiger partial charge is 0.230 e. The highest BCUT2D eigenvalue weighted by Crippen LogP contribution is 2.21. The van der Waals surface area contributed by atoms with E-state index in [1.807, 2.05) is 31.2 Å². The molecule has 1 rings (SSSR count). The molecule has 100 valence electrons. The minimum Gasteiger partial charge on any atom is -0.394 e. The molecule has 0 bridgehead atoms. The second-order valence-corrected chi connectivity index (χ2v) is 4.76. The fourth-order valence-corrected chi connectivity index (χ4v) is 2.20. The molecule has 0 aliphatic carbocycles. The van der Waals surface area contributed by atoms with Crippen LogP contribution in [0.25, 0.3) is 0 Å². The highest BCUT2D eigenvalue weighted by molar-refractivity contribution is 8.00. The van der Waals surface area contributed by atoms with Crippen LogP contribution in [0, 0.1) is 6.92 Å². The van der Waals surface area contributed by atoms with Crippen LogP contribution in [-0.2, 0) is 9.53 Å². The first kappa shape index (κ1) is 15.0. The Bertz CT molecular complexity index is 371. The van der Waals surface area contributed by atoms with Crippen LogP contribution in [0.2, 0.25) is 0 Å². The van der Waals surface area contributed by atoms with E-state index in [2.05, 4.69) is 5.32 Å². The number of aliphatic hydroxyl groups excluding tert-OH is 1. The zero-order valence-electron chi connectivity index (χ0n) is 10.5. The quantitative estimate of drug-likeness (QED) is 0.550. The summed E-state index contributed by atoms with van der Waals surface area (Å²) in [6.07, 6.45) is 0. The van der Waals surface area contributed by atoms with Crippen LogP contribution in [0.15, 0.2) is 29.2 Å². The number of rotatable bonds is 8. The van der Waals surface area contributed by atoms with E-state index < -0.39 is 0 Å². The minimum absolute atomic E-state index is 0.00384. The summed E-state index contributed by atoms with van der Waals surface area (Å²) in [5, 5.41) is 11.3. The maximum atomic E-state index is 11.5. The highest BCUT2D eigenvalue weighted by atomic mass is 32.2. The lowest BCUT2D eigenvalue weighted by Crippen LogP contribution is -2.29. The number of hydrogen-bond donors (Lipinski definition) is 2. The Morgan fingerprint density at radius 1 is 1.39 bits per heavy atom. The Kier molecular flexibility index (Phi) is 7.48. The molecule has 0 fully saturated rings. The summed E-state index contributed by atoms with van der Waals surface area (Å²) in [5.74, 6) is 0.404. The van der Waals surface area contributed by atoms with E-state index in [1.165, 1.54) is 17.3 Å². The van der Waals surface area contributed by atoms with E-state index in [-0.39, 0.29) is 12.5 Å². The largest absolute Gasteiger partial charge is 0.394 e. The van der Waals surface area contributed by atoms with Crippen molar-refractivity contribution in [2.24, 2.45) is 0 Å². The number of thioether (sulfide) groups is 1. The van der Waals surface area contributed by atoms with Gasteiger partial charge in [0.15, 0.2) is 0 Å². The van der Waals surface area contributed by atoms with Gasteiger partial charge in [-0.15, -0.1) is 11.8 Å². The van der Waals surface area contributed by atoms with Crippen LogP contribution in [-0.4, -0.2) is 43.1 Å². The van der Waals surface area contributed by atoms with Crippen LogP contribution in [0.1, 0.15) is 5.56 Å². The zero-order valence-corrected chi connectivity index (χ0v) is 11.3. The molecule has 0 saturated carbocycles. The van der Waals surface area contributed by atoms with Gasteiger partial charge >= 0.3 is 0 Å². The van der Waals surface area contributed by atoms with Gasteiger partial charge in [-0.1, -0.05) is 18.2 Å². The lowest BCUT2D eigenvalue weighted by molar-refractivity contribution is -0.118. The molecule has 1 aromatic rings. The van der Waals surface area contributed by atoms with E-state index in [1.54, 1.807) is 0 Å². The summed E-state index contributed by atoms with van der Waals surface area (Å²) in [4.78, 5) is 12.7. The highest BCUT2D eigenvalue weighted by Gasteiger charge is 2.03. The topological polar surface area (TPSA) is 58.6 Å². The number of aliphatic hydroxyl groups is 1. The SMILES string of the molecule is Cc1ccccc1SCC(=O)NCCOCCO. The van der Waals surface area contributed by atoms with Crippen molar-refractivity contribution in [2.75, 3.05) is 32.1 Å². The van der Waals surface area contributed by atoms with Crippen LogP contribution in [0.3, 0.4) is 0 Å². The summed E-state index contributed by atoms with van der Waals surface area (Å²) < 4.78 is 5.04. The van der Waals surface area contributed by atoms with Crippen molar-refractivity contribution in [1.29, 1.82) is 0 Å². The van der Waals surface area contributed by atoms with Crippen LogP contribution in [0.5, 0.6) is 0 Å². The van der Waals surface area contributed by atoms with Gasteiger partial charge in [-0.2, -0.15) is 0 Å². The third-order valence-corrected chi connectivity index (χ3v) is 3.43. The van der Waals surface area contributed by atoms with Crippen molar-refractivity contribution in [3.05, 3.63) is 29.8 Å². The van der Waals surface area contributed by atoms with Crippen molar-refractivity contribution >= 4 is 17.7 Å². The minimum atomic E-state index is -0.00384. The van der Waals surface area contributed by atoms with E-state index in [4.69, 9.17) is 9.84 Å². The Hall–Kier alpha value is -1.04. The van der Waals surface area contributed by atoms with Crippen molar-refractivity contribution in [3.63, 3.8) is 0 Å². The molecule has 0 aromatic heterocycles. The second-order valence-electron chi connectivity index (χ2n) is 3.74. The first-order valence-corrected chi connectivity index (χ1v) is 6.86. The lowest BCUT2D eigenvalue weighted by atomic mass is 10.2. The van der Waals surface area contributed by atoms with E-state index in [0.29, 0.717) is 25.5 Å². The Morgan fingerprint density at radius 2 is 2.17 bits per heavy atom. The first-order valence-electron chi connectivity index (χ1n) is 5.87. The molecular formula is C13H19NO3S. The van der Waals surface area contributed by atoms with Gasteiger partial charge in [0.25, 0.3) is 0 Å². The van der Waals surface area contributed by atoms with Crippen LogP contribution >= 0.6 is 11.8 Å². The molecule has 2 N–H and O–H groups in total. The van der Waals surface area contributed by atoms with Gasteiger partial charge in [-0.3, -0.25) is 4.79 Å². The molecule has 1 aromatic carbocycles. The van der Waals surface area contributed by atoms with Crippen molar-refractivity contribution in [3.8, 4) is 0 Å². The summed E-state index contributed by atoms with van der Waals surface area (Å²) in [6, 6.07) is 7.99. The maximum Gasteiger partial charge on any atom is 0.230 e. The summed E-state index contributed by atoms with van der Waals surface area (Å²) in [7, 11) is 0. The van der Waals surface area contributed by atoms with Crippen molar-refractivity contribution < 1.29 is 14.6 Å². The third kappa shape index (κ3) is 6.05. The number of amides is 1. The van der Waals surface area contributed by atoms with E-state index in [0.717, 1.165) is 4.90 Å². The molecule has 0 atom stereocenters. The number of carbonyl (C=O) groups is 1. The van der Waals surface area contributed by atoms with Gasteiger partial charge < -0.3 is 15.2 Å². The molecular weight excluding hydrogens is 250 g/mol. The van der Waals surface area contributed by atoms with Gasteiger partial charge in [0.05, 0.1) is 25.6 Å². The standard InChI is InChI=1S/C13H19NO3S/c1-11-4-2-3-5-12(11)18-10-13(16)14-6-8-17-9-7-15/h2-5,15H,6-10H2,1H3,(H,14,16). The average molecular weight is 269 g/mol. The number of carbonyl (C=O) groups excluding carboxylic acids is 1. The van der Waals surface area contributed by atoms with E-state index >= 15 is 0 Å². The third-order valence-electron chi connectivity index (χ3n) is 2.26.